The Morgan fingerprint density at radius 2 is 1.97 bits per heavy atom. The van der Waals surface area contributed by atoms with Gasteiger partial charge in [-0.05, 0) is 42.8 Å². The van der Waals surface area contributed by atoms with E-state index >= 15 is 4.39 Å². The number of anilines is 1. The highest BCUT2D eigenvalue weighted by Crippen LogP contribution is 2.34. The van der Waals surface area contributed by atoms with Crippen molar-refractivity contribution < 1.29 is 19.4 Å². The maximum absolute atomic E-state index is 15.0. The number of fused-ring (bicyclic) bond motifs is 3. The van der Waals surface area contributed by atoms with Crippen LogP contribution in [0.3, 0.4) is 0 Å². The molecule has 0 spiro atoms. The molecule has 7 nitrogen and oxygen atoms in total. The first kappa shape index (κ1) is 17.7. The third-order valence-electron chi connectivity index (χ3n) is 5.80. The Bertz CT molecular complexity index is 1210. The molecular formula is C21H18FN3O4. The molecule has 0 aliphatic carbocycles. The monoisotopic (exact) mass is 395 g/mol. The summed E-state index contributed by atoms with van der Waals surface area (Å²) in [6, 6.07) is 9.42. The van der Waals surface area contributed by atoms with Crippen LogP contribution in [0.1, 0.15) is 16.8 Å². The first-order valence-electron chi connectivity index (χ1n) is 9.34. The van der Waals surface area contributed by atoms with Gasteiger partial charge in [0.2, 0.25) is 5.43 Å². The first-order chi connectivity index (χ1) is 13.9. The van der Waals surface area contributed by atoms with Crippen LogP contribution < -0.4 is 15.6 Å². The minimum Gasteiger partial charge on any atom is -0.508 e. The van der Waals surface area contributed by atoms with Crippen molar-refractivity contribution in [3.63, 3.8) is 0 Å². The molecule has 2 aliphatic rings. The van der Waals surface area contributed by atoms with E-state index in [4.69, 9.17) is 0 Å². The SMILES string of the molecule is O=C(O)c1cn(-c2ccc(O)cc2)c2cc(N3CC4CC3CN4)c(F)cc2c1=O. The summed E-state index contributed by atoms with van der Waals surface area (Å²) in [7, 11) is 0. The molecule has 2 unspecified atom stereocenters. The molecule has 2 saturated heterocycles. The minimum atomic E-state index is -1.38. The summed E-state index contributed by atoms with van der Waals surface area (Å²) in [5.74, 6) is -1.86. The largest absolute Gasteiger partial charge is 0.508 e. The standard InChI is InChI=1S/C21H18FN3O4/c22-17-6-15-18(7-19(17)24-9-11-5-13(24)8-23-11)25(10-16(20(15)27)21(28)29)12-1-3-14(26)4-2-12/h1-4,6-7,10-11,13,23,26H,5,8-9H2,(H,28,29). The van der Waals surface area contributed by atoms with E-state index in [9.17, 15) is 19.8 Å². The average Bonchev–Trinajstić information content (AvgIpc) is 3.32. The van der Waals surface area contributed by atoms with E-state index in [-0.39, 0.29) is 17.2 Å². The van der Waals surface area contributed by atoms with Crippen LogP contribution in [0.25, 0.3) is 16.6 Å². The molecule has 1 aromatic heterocycles. The van der Waals surface area contributed by atoms with Gasteiger partial charge >= 0.3 is 5.97 Å². The fourth-order valence-electron chi connectivity index (χ4n) is 4.39. The van der Waals surface area contributed by atoms with E-state index in [1.54, 1.807) is 22.8 Å². The number of hydrogen-bond acceptors (Lipinski definition) is 5. The van der Waals surface area contributed by atoms with Crippen molar-refractivity contribution in [2.24, 2.45) is 0 Å². The van der Waals surface area contributed by atoms with Crippen LogP contribution in [0.4, 0.5) is 10.1 Å². The van der Waals surface area contributed by atoms with E-state index in [2.05, 4.69) is 5.32 Å². The maximum atomic E-state index is 15.0. The lowest BCUT2D eigenvalue weighted by molar-refractivity contribution is 0.0695. The summed E-state index contributed by atoms with van der Waals surface area (Å²) in [6.45, 7) is 1.47. The number of carboxylic acids is 1. The van der Waals surface area contributed by atoms with Gasteiger partial charge < -0.3 is 25.0 Å². The molecule has 3 heterocycles. The number of carboxylic acid groups (broad SMARTS) is 1. The van der Waals surface area contributed by atoms with Crippen molar-refractivity contribution in [1.82, 2.24) is 9.88 Å². The summed E-state index contributed by atoms with van der Waals surface area (Å²) >= 11 is 0. The molecule has 0 saturated carbocycles. The number of aromatic nitrogens is 1. The van der Waals surface area contributed by atoms with Gasteiger partial charge in [0.25, 0.3) is 0 Å². The number of hydrogen-bond donors (Lipinski definition) is 3. The minimum absolute atomic E-state index is 0.00158. The number of pyridine rings is 1. The number of halogens is 1. The van der Waals surface area contributed by atoms with Crippen LogP contribution in [0.5, 0.6) is 5.75 Å². The number of rotatable bonds is 3. The van der Waals surface area contributed by atoms with Gasteiger partial charge in [-0.3, -0.25) is 4.79 Å². The zero-order valence-electron chi connectivity index (χ0n) is 15.3. The Morgan fingerprint density at radius 1 is 1.21 bits per heavy atom. The van der Waals surface area contributed by atoms with Crippen molar-refractivity contribution in [3.8, 4) is 11.4 Å². The number of benzene rings is 2. The van der Waals surface area contributed by atoms with Crippen LogP contribution >= 0.6 is 0 Å². The zero-order chi connectivity index (χ0) is 20.3. The number of phenols is 1. The smallest absolute Gasteiger partial charge is 0.341 e. The normalized spacial score (nSPS) is 20.5. The summed E-state index contributed by atoms with van der Waals surface area (Å²) < 4.78 is 16.6. The van der Waals surface area contributed by atoms with E-state index in [0.29, 0.717) is 29.5 Å². The van der Waals surface area contributed by atoms with Gasteiger partial charge in [-0.25, -0.2) is 9.18 Å². The summed E-state index contributed by atoms with van der Waals surface area (Å²) in [5, 5.41) is 22.4. The molecule has 2 aliphatic heterocycles. The Hall–Kier alpha value is -3.39. The average molecular weight is 395 g/mol. The predicted molar refractivity (Wildman–Crippen MR) is 106 cm³/mol. The van der Waals surface area contributed by atoms with Gasteiger partial charge in [0.1, 0.15) is 17.1 Å². The van der Waals surface area contributed by atoms with Crippen molar-refractivity contribution in [1.29, 1.82) is 0 Å². The van der Waals surface area contributed by atoms with Crippen molar-refractivity contribution in [2.75, 3.05) is 18.0 Å². The van der Waals surface area contributed by atoms with Gasteiger partial charge in [-0.2, -0.15) is 0 Å². The van der Waals surface area contributed by atoms with Gasteiger partial charge in [-0.15, -0.1) is 0 Å². The second kappa shape index (κ2) is 6.31. The lowest BCUT2D eigenvalue weighted by Crippen LogP contribution is -2.44. The number of nitrogens with zero attached hydrogens (tertiary/aromatic N) is 2. The van der Waals surface area contributed by atoms with E-state index in [1.165, 1.54) is 18.3 Å². The van der Waals surface area contributed by atoms with Crippen LogP contribution in [-0.2, 0) is 0 Å². The van der Waals surface area contributed by atoms with E-state index < -0.39 is 22.8 Å². The number of aromatic hydroxyl groups is 1. The molecule has 3 aromatic rings. The second-order valence-corrected chi connectivity index (χ2v) is 7.53. The molecular weight excluding hydrogens is 377 g/mol. The molecule has 5 rings (SSSR count). The molecule has 148 valence electrons. The fraction of sp³-hybridized carbons (Fsp3) is 0.238. The van der Waals surface area contributed by atoms with Crippen molar-refractivity contribution in [2.45, 2.75) is 18.5 Å². The number of piperazine rings is 1. The van der Waals surface area contributed by atoms with E-state index in [0.717, 1.165) is 19.0 Å². The maximum Gasteiger partial charge on any atom is 0.341 e. The third-order valence-corrected chi connectivity index (χ3v) is 5.80. The first-order valence-corrected chi connectivity index (χ1v) is 9.34. The van der Waals surface area contributed by atoms with E-state index in [1.807, 2.05) is 4.90 Å². The fourth-order valence-corrected chi connectivity index (χ4v) is 4.39. The summed E-state index contributed by atoms with van der Waals surface area (Å²) in [4.78, 5) is 26.3. The molecule has 2 aromatic carbocycles. The topological polar surface area (TPSA) is 94.8 Å². The number of carbonyl (C=O) groups is 1. The lowest BCUT2D eigenvalue weighted by atomic mass is 10.1. The van der Waals surface area contributed by atoms with Gasteiger partial charge in [0, 0.05) is 42.4 Å². The van der Waals surface area contributed by atoms with Gasteiger partial charge in [0.15, 0.2) is 0 Å². The van der Waals surface area contributed by atoms with Gasteiger partial charge in [-0.1, -0.05) is 0 Å². The Kier molecular flexibility index (Phi) is 3.85. The molecule has 2 atom stereocenters. The molecule has 2 fully saturated rings. The number of aromatic carboxylic acids is 1. The van der Waals surface area contributed by atoms with Crippen LogP contribution in [0.2, 0.25) is 0 Å². The van der Waals surface area contributed by atoms with Crippen LogP contribution in [0.15, 0.2) is 47.4 Å². The quantitative estimate of drug-likeness (QED) is 0.629. The Morgan fingerprint density at radius 3 is 2.59 bits per heavy atom. The lowest BCUT2D eigenvalue weighted by Gasteiger charge is -2.30. The second-order valence-electron chi connectivity index (χ2n) is 7.53. The highest BCUT2D eigenvalue weighted by Gasteiger charge is 2.38. The molecule has 8 heteroatoms. The molecule has 2 bridgehead atoms. The summed E-state index contributed by atoms with van der Waals surface area (Å²) in [6.07, 6.45) is 2.19. The third kappa shape index (κ3) is 2.75. The molecule has 0 radical (unpaired) electrons. The van der Waals surface area contributed by atoms with Crippen LogP contribution in [0, 0.1) is 5.82 Å². The highest BCUT2D eigenvalue weighted by molar-refractivity contribution is 5.94. The number of nitrogens with one attached hydrogen (secondary N) is 1. The number of phenolic OH excluding ortho intramolecular Hbond substituents is 1. The molecule has 0 amide bonds. The van der Waals surface area contributed by atoms with Crippen LogP contribution in [-0.4, -0.2) is 45.9 Å². The highest BCUT2D eigenvalue weighted by atomic mass is 19.1. The summed E-state index contributed by atoms with van der Waals surface area (Å²) in [5.41, 5.74) is 0.205. The molecule has 29 heavy (non-hydrogen) atoms. The van der Waals surface area contributed by atoms with Gasteiger partial charge in [0.05, 0.1) is 11.2 Å². The van der Waals surface area contributed by atoms with Crippen molar-refractivity contribution >= 4 is 22.6 Å². The zero-order valence-corrected chi connectivity index (χ0v) is 15.3. The predicted octanol–water partition coefficient (Wildman–Crippen LogP) is 2.08. The van der Waals surface area contributed by atoms with Crippen molar-refractivity contribution in [3.05, 3.63) is 64.2 Å². The molecule has 3 N–H and O–H groups in total. The Balaban J connectivity index is 1.78. The Labute approximate surface area is 164 Å².